The molecule has 2 aromatic rings. The zero-order chi connectivity index (χ0) is 13.8. The molecule has 2 aromatic carbocycles. The molecule has 0 atom stereocenters. The van der Waals surface area contributed by atoms with Crippen LogP contribution >= 0.6 is 11.6 Å². The molecule has 0 saturated heterocycles. The Hall–Kier alpha value is -2.47. The highest BCUT2D eigenvalue weighted by molar-refractivity contribution is 6.33. The van der Waals surface area contributed by atoms with Gasteiger partial charge in [0.05, 0.1) is 27.0 Å². The van der Waals surface area contributed by atoms with Crippen LogP contribution in [-0.4, -0.2) is 4.92 Å². The number of anilines is 1. The van der Waals surface area contributed by atoms with Gasteiger partial charge in [-0.05, 0) is 30.3 Å². The summed E-state index contributed by atoms with van der Waals surface area (Å²) in [5, 5.41) is 18.8. The smallest absolute Gasteiger partial charge is 0.269 e. The summed E-state index contributed by atoms with van der Waals surface area (Å²) in [6, 6.07) is 10.7. The Morgan fingerprint density at radius 1 is 1.05 bits per heavy atom. The van der Waals surface area contributed by atoms with Crippen molar-refractivity contribution in [2.75, 3.05) is 5.73 Å². The number of nitrogens with two attached hydrogens (primary N) is 1. The van der Waals surface area contributed by atoms with Gasteiger partial charge in [0, 0.05) is 12.1 Å². The van der Waals surface area contributed by atoms with Crippen LogP contribution in [0.3, 0.4) is 0 Å². The Labute approximate surface area is 113 Å². The lowest BCUT2D eigenvalue weighted by Gasteiger charge is -1.98. The maximum absolute atomic E-state index is 10.5. The number of nitro groups is 1. The maximum Gasteiger partial charge on any atom is 0.269 e. The highest BCUT2D eigenvalue weighted by atomic mass is 35.5. The molecule has 2 rings (SSSR count). The minimum Gasteiger partial charge on any atom is -0.398 e. The van der Waals surface area contributed by atoms with Crippen molar-refractivity contribution in [3.8, 4) is 0 Å². The van der Waals surface area contributed by atoms with E-state index in [1.54, 1.807) is 18.2 Å². The minimum absolute atomic E-state index is 0.00878. The molecule has 0 aliphatic rings. The summed E-state index contributed by atoms with van der Waals surface area (Å²) in [5.74, 6) is 0. The van der Waals surface area contributed by atoms with E-state index in [-0.39, 0.29) is 5.69 Å². The zero-order valence-electron chi connectivity index (χ0n) is 9.65. The van der Waals surface area contributed by atoms with Crippen LogP contribution in [0.4, 0.5) is 22.7 Å². The quantitative estimate of drug-likeness (QED) is 0.393. The second-order valence-corrected chi connectivity index (χ2v) is 4.09. The summed E-state index contributed by atoms with van der Waals surface area (Å²) in [4.78, 5) is 10.0. The first-order valence-corrected chi connectivity index (χ1v) is 5.65. The number of nitrogens with zero attached hydrogens (tertiary/aromatic N) is 3. The first-order chi connectivity index (χ1) is 9.06. The third kappa shape index (κ3) is 3.26. The molecule has 96 valence electrons. The molecule has 2 N–H and O–H groups in total. The second kappa shape index (κ2) is 5.45. The zero-order valence-corrected chi connectivity index (χ0v) is 10.4. The van der Waals surface area contributed by atoms with Crippen molar-refractivity contribution in [1.82, 2.24) is 0 Å². The fourth-order valence-corrected chi connectivity index (χ4v) is 1.51. The summed E-state index contributed by atoms with van der Waals surface area (Å²) in [6.45, 7) is 0. The highest BCUT2D eigenvalue weighted by Gasteiger charge is 2.03. The van der Waals surface area contributed by atoms with E-state index in [0.717, 1.165) is 0 Å². The van der Waals surface area contributed by atoms with Gasteiger partial charge in [-0.15, -0.1) is 0 Å². The van der Waals surface area contributed by atoms with Crippen molar-refractivity contribution >= 4 is 34.4 Å². The van der Waals surface area contributed by atoms with Gasteiger partial charge in [-0.2, -0.15) is 10.2 Å². The number of nitro benzene ring substituents is 1. The Morgan fingerprint density at radius 2 is 1.63 bits per heavy atom. The number of nitrogen functional groups attached to an aromatic ring is 1. The molecule has 0 heterocycles. The van der Waals surface area contributed by atoms with Gasteiger partial charge >= 0.3 is 0 Å². The molecule has 0 amide bonds. The normalized spacial score (nSPS) is 10.8. The standard InChI is InChI=1S/C12H9ClN4O2/c13-11-7-9(3-6-12(11)14)16-15-8-1-4-10(5-2-8)17(18)19/h1-7H,14H2/b16-15+. The summed E-state index contributed by atoms with van der Waals surface area (Å²) < 4.78 is 0. The van der Waals surface area contributed by atoms with Crippen LogP contribution in [0.5, 0.6) is 0 Å². The maximum atomic E-state index is 10.5. The molecule has 19 heavy (non-hydrogen) atoms. The minimum atomic E-state index is -0.472. The lowest BCUT2D eigenvalue weighted by molar-refractivity contribution is -0.384. The van der Waals surface area contributed by atoms with Crippen LogP contribution in [0.25, 0.3) is 0 Å². The molecular formula is C12H9ClN4O2. The Balaban J connectivity index is 2.17. The molecule has 0 aliphatic carbocycles. The van der Waals surface area contributed by atoms with Gasteiger partial charge in [-0.1, -0.05) is 11.6 Å². The van der Waals surface area contributed by atoms with Crippen LogP contribution in [0.1, 0.15) is 0 Å². The molecule has 0 bridgehead atoms. The van der Waals surface area contributed by atoms with Crippen molar-refractivity contribution in [2.45, 2.75) is 0 Å². The molecular weight excluding hydrogens is 268 g/mol. The van der Waals surface area contributed by atoms with Crippen LogP contribution in [0, 0.1) is 10.1 Å². The third-order valence-electron chi connectivity index (χ3n) is 2.33. The monoisotopic (exact) mass is 276 g/mol. The van der Waals surface area contributed by atoms with E-state index in [1.165, 1.54) is 24.3 Å². The van der Waals surface area contributed by atoms with Gasteiger partial charge in [0.1, 0.15) is 0 Å². The Bertz CT molecular complexity index is 641. The highest BCUT2D eigenvalue weighted by Crippen LogP contribution is 2.26. The summed E-state index contributed by atoms with van der Waals surface area (Å²) >= 11 is 5.85. The topological polar surface area (TPSA) is 93.9 Å². The van der Waals surface area contributed by atoms with Gasteiger partial charge in [0.25, 0.3) is 5.69 Å². The number of azo groups is 1. The van der Waals surface area contributed by atoms with Crippen molar-refractivity contribution in [1.29, 1.82) is 0 Å². The van der Waals surface area contributed by atoms with Crippen molar-refractivity contribution in [2.24, 2.45) is 10.2 Å². The largest absolute Gasteiger partial charge is 0.398 e. The van der Waals surface area contributed by atoms with E-state index in [2.05, 4.69) is 10.2 Å². The van der Waals surface area contributed by atoms with Gasteiger partial charge in [0.2, 0.25) is 0 Å². The average molecular weight is 277 g/mol. The first-order valence-electron chi connectivity index (χ1n) is 5.27. The molecule has 0 aromatic heterocycles. The molecule has 0 radical (unpaired) electrons. The van der Waals surface area contributed by atoms with E-state index in [9.17, 15) is 10.1 Å². The Morgan fingerprint density at radius 3 is 2.21 bits per heavy atom. The van der Waals surface area contributed by atoms with Crippen LogP contribution in [0.15, 0.2) is 52.7 Å². The number of hydrogen-bond donors (Lipinski definition) is 1. The summed E-state index contributed by atoms with van der Waals surface area (Å²) in [5.41, 5.74) is 7.12. The SMILES string of the molecule is Nc1ccc(/N=N/c2ccc([N+](=O)[O-])cc2)cc1Cl. The van der Waals surface area contributed by atoms with Crippen LogP contribution in [-0.2, 0) is 0 Å². The van der Waals surface area contributed by atoms with E-state index in [1.807, 2.05) is 0 Å². The number of halogens is 1. The van der Waals surface area contributed by atoms with Crippen LogP contribution in [0.2, 0.25) is 5.02 Å². The number of hydrogen-bond acceptors (Lipinski definition) is 5. The van der Waals surface area contributed by atoms with E-state index in [0.29, 0.717) is 22.1 Å². The van der Waals surface area contributed by atoms with Gasteiger partial charge < -0.3 is 5.73 Å². The fourth-order valence-electron chi connectivity index (χ4n) is 1.33. The number of benzene rings is 2. The molecule has 0 aliphatic heterocycles. The number of rotatable bonds is 3. The van der Waals surface area contributed by atoms with E-state index in [4.69, 9.17) is 17.3 Å². The molecule has 0 fully saturated rings. The molecule has 0 unspecified atom stereocenters. The van der Waals surface area contributed by atoms with Crippen molar-refractivity contribution in [3.05, 3.63) is 57.6 Å². The molecule has 6 nitrogen and oxygen atoms in total. The van der Waals surface area contributed by atoms with Gasteiger partial charge in [-0.25, -0.2) is 0 Å². The van der Waals surface area contributed by atoms with Gasteiger partial charge in [-0.3, -0.25) is 10.1 Å². The predicted molar refractivity (Wildman–Crippen MR) is 73.1 cm³/mol. The second-order valence-electron chi connectivity index (χ2n) is 3.68. The van der Waals surface area contributed by atoms with E-state index < -0.39 is 4.92 Å². The van der Waals surface area contributed by atoms with Gasteiger partial charge in [0.15, 0.2) is 0 Å². The lowest BCUT2D eigenvalue weighted by Crippen LogP contribution is -1.85. The molecule has 7 heteroatoms. The third-order valence-corrected chi connectivity index (χ3v) is 2.65. The number of non-ortho nitro benzene ring substituents is 1. The molecule has 0 saturated carbocycles. The summed E-state index contributed by atoms with van der Waals surface area (Å²) in [7, 11) is 0. The fraction of sp³-hybridized carbons (Fsp3) is 0. The van der Waals surface area contributed by atoms with Crippen molar-refractivity contribution < 1.29 is 4.92 Å². The first kappa shape index (κ1) is 13.0. The van der Waals surface area contributed by atoms with Crippen LogP contribution < -0.4 is 5.73 Å². The average Bonchev–Trinajstić information content (AvgIpc) is 2.40. The molecule has 0 spiro atoms. The Kier molecular flexibility index (Phi) is 3.72. The lowest BCUT2D eigenvalue weighted by atomic mass is 10.3. The van der Waals surface area contributed by atoms with E-state index >= 15 is 0 Å². The predicted octanol–water partition coefficient (Wildman–Crippen LogP) is 4.25. The summed E-state index contributed by atoms with van der Waals surface area (Å²) in [6.07, 6.45) is 0. The van der Waals surface area contributed by atoms with Crippen molar-refractivity contribution in [3.63, 3.8) is 0 Å².